The van der Waals surface area contributed by atoms with E-state index in [2.05, 4.69) is 20.9 Å². The molecule has 0 bridgehead atoms. The van der Waals surface area contributed by atoms with Gasteiger partial charge in [0.1, 0.15) is 17.7 Å². The van der Waals surface area contributed by atoms with Crippen LogP contribution < -0.4 is 21.3 Å². The molecule has 6 unspecified atom stereocenters. The predicted octanol–water partition coefficient (Wildman–Crippen LogP) is 1.95. The van der Waals surface area contributed by atoms with Gasteiger partial charge in [-0.1, -0.05) is 43.8 Å². The summed E-state index contributed by atoms with van der Waals surface area (Å²) in [5.41, 5.74) is 0.611. The van der Waals surface area contributed by atoms with Crippen molar-refractivity contribution in [3.63, 3.8) is 0 Å². The maximum absolute atomic E-state index is 13.7. The highest BCUT2D eigenvalue weighted by Crippen LogP contribution is 2.56. The molecule has 1 aromatic heterocycles. The van der Waals surface area contributed by atoms with Crippen molar-refractivity contribution in [3.05, 3.63) is 53.1 Å². The van der Waals surface area contributed by atoms with Crippen LogP contribution in [0.2, 0.25) is 0 Å². The third-order valence-electron chi connectivity index (χ3n) is 11.0. The normalized spacial score (nSPS) is 24.6. The molecule has 0 saturated heterocycles. The number of nitrogens with zero attached hydrogens (tertiary/aromatic N) is 1. The number of carbonyl (C=O) groups excluding carboxylic acids is 3. The fourth-order valence-electron chi connectivity index (χ4n) is 8.25. The first-order valence-electron chi connectivity index (χ1n) is 18.4. The lowest BCUT2D eigenvalue weighted by atomic mass is 9.70. The quantitative estimate of drug-likeness (QED) is 0.0684. The number of nitrogens with one attached hydrogen (secondary N) is 4. The standard InChI is InChI=1S/C37H51N5O10S/c1-38-21-40-37(51,35(49)50)14-8-27(43)41-26(31(44)42-32(45)33(46)47)20-53-30-29-28-24(7-3-2-4-11-36(30)12-5-6-13-36)18-23(19-25(28)34(48)52-29)17-22-9-15-39-16-10-22/h9-10,15-16,19,24-26,30,32,38,40,45,51H,2-8,11-14,17-18,20-21H2,1H3,(H,41,43)(H,42,44)(H,46,47)(H,49,50). The second-order valence-corrected chi connectivity index (χ2v) is 15.7. The number of aliphatic carboxylic acids is 2. The van der Waals surface area contributed by atoms with Crippen molar-refractivity contribution in [2.45, 2.75) is 107 Å². The van der Waals surface area contributed by atoms with Crippen LogP contribution in [0, 0.1) is 17.3 Å². The summed E-state index contributed by atoms with van der Waals surface area (Å²) in [6.07, 6.45) is 12.4. The van der Waals surface area contributed by atoms with E-state index in [0.29, 0.717) is 12.2 Å². The Morgan fingerprint density at radius 1 is 1.06 bits per heavy atom. The van der Waals surface area contributed by atoms with Gasteiger partial charge in [0.2, 0.25) is 23.8 Å². The highest BCUT2D eigenvalue weighted by atomic mass is 32.2. The van der Waals surface area contributed by atoms with Crippen LogP contribution in [0.5, 0.6) is 0 Å². The van der Waals surface area contributed by atoms with Crippen LogP contribution in [0.4, 0.5) is 0 Å². The molecular formula is C37H51N5O10S. The summed E-state index contributed by atoms with van der Waals surface area (Å²) >= 11 is 1.37. The number of carboxylic acid groups (broad SMARTS) is 2. The summed E-state index contributed by atoms with van der Waals surface area (Å²) in [7, 11) is 1.54. The minimum atomic E-state index is -2.43. The lowest BCUT2D eigenvalue weighted by Gasteiger charge is -2.40. The molecule has 4 aliphatic rings. The zero-order valence-corrected chi connectivity index (χ0v) is 30.8. The highest BCUT2D eigenvalue weighted by molar-refractivity contribution is 8.00. The Kier molecular flexibility index (Phi) is 13.7. The van der Waals surface area contributed by atoms with Crippen molar-refractivity contribution in [2.24, 2.45) is 17.3 Å². The number of allylic oxidation sites excluding steroid dienone is 1. The molecule has 2 heterocycles. The molecule has 2 amide bonds. The van der Waals surface area contributed by atoms with Gasteiger partial charge >= 0.3 is 17.9 Å². The number of aliphatic hydroxyl groups excluding tert-OH is 1. The maximum Gasteiger partial charge on any atom is 0.353 e. The third kappa shape index (κ3) is 9.84. The van der Waals surface area contributed by atoms with Crippen molar-refractivity contribution in [3.8, 4) is 0 Å². The van der Waals surface area contributed by atoms with Gasteiger partial charge in [-0.3, -0.25) is 24.7 Å². The van der Waals surface area contributed by atoms with E-state index in [1.54, 1.807) is 19.4 Å². The first kappa shape index (κ1) is 40.4. The number of hydrogen-bond donors (Lipinski definition) is 8. The van der Waals surface area contributed by atoms with E-state index in [0.717, 1.165) is 75.3 Å². The molecule has 16 heteroatoms. The van der Waals surface area contributed by atoms with Gasteiger partial charge in [0.05, 0.1) is 5.25 Å². The minimum absolute atomic E-state index is 0.0612. The van der Waals surface area contributed by atoms with Crippen molar-refractivity contribution >= 4 is 41.5 Å². The van der Waals surface area contributed by atoms with Gasteiger partial charge in [-0.25, -0.2) is 9.59 Å². The average molecular weight is 758 g/mol. The van der Waals surface area contributed by atoms with E-state index in [9.17, 15) is 44.4 Å². The number of thioether (sulfide) groups is 1. The average Bonchev–Trinajstić information content (AvgIpc) is 3.74. The van der Waals surface area contributed by atoms with Gasteiger partial charge < -0.3 is 41.1 Å². The zero-order valence-electron chi connectivity index (χ0n) is 30.0. The van der Waals surface area contributed by atoms with Crippen LogP contribution in [0.15, 0.2) is 47.5 Å². The van der Waals surface area contributed by atoms with Gasteiger partial charge in [0, 0.05) is 37.7 Å². The molecule has 1 saturated carbocycles. The van der Waals surface area contributed by atoms with Gasteiger partial charge in [-0.15, -0.1) is 11.8 Å². The van der Waals surface area contributed by atoms with Crippen molar-refractivity contribution in [1.82, 2.24) is 26.3 Å². The molecule has 5 rings (SSSR count). The number of esters is 1. The fraction of sp³-hybridized carbons (Fsp3) is 0.622. The Morgan fingerprint density at radius 2 is 1.75 bits per heavy atom. The lowest BCUT2D eigenvalue weighted by Crippen LogP contribution is -2.56. The van der Waals surface area contributed by atoms with Crippen LogP contribution in [0.3, 0.4) is 0 Å². The number of pyridine rings is 1. The molecular weight excluding hydrogens is 706 g/mol. The molecule has 1 aromatic rings. The molecule has 15 nitrogen and oxygen atoms in total. The number of hydrogen-bond acceptors (Lipinski definition) is 12. The summed E-state index contributed by atoms with van der Waals surface area (Å²) in [6.45, 7) is -0.0612. The summed E-state index contributed by atoms with van der Waals surface area (Å²) in [6, 6.07) is 2.59. The summed E-state index contributed by atoms with van der Waals surface area (Å²) in [5, 5.41) is 48.7. The van der Waals surface area contributed by atoms with Gasteiger partial charge in [0.25, 0.3) is 0 Å². The Bertz CT molecular complexity index is 1580. The second kappa shape index (κ2) is 18.0. The minimum Gasteiger partial charge on any atom is -0.478 e. The van der Waals surface area contributed by atoms with Crippen LogP contribution >= 0.6 is 11.8 Å². The Hall–Kier alpha value is -3.83. The van der Waals surface area contributed by atoms with E-state index in [1.807, 2.05) is 23.5 Å². The number of aromatic nitrogens is 1. The van der Waals surface area contributed by atoms with Gasteiger partial charge in [0.15, 0.2) is 0 Å². The van der Waals surface area contributed by atoms with Crippen molar-refractivity contribution in [2.75, 3.05) is 19.5 Å². The maximum atomic E-state index is 13.7. The van der Waals surface area contributed by atoms with E-state index < -0.39 is 60.5 Å². The number of amides is 2. The molecule has 1 spiro atoms. The van der Waals surface area contributed by atoms with Crippen LogP contribution in [0.1, 0.15) is 82.6 Å². The topological polar surface area (TPSA) is 237 Å². The highest BCUT2D eigenvalue weighted by Gasteiger charge is 2.51. The molecule has 290 valence electrons. The zero-order chi connectivity index (χ0) is 38.2. The Balaban J connectivity index is 1.44. The smallest absolute Gasteiger partial charge is 0.353 e. The molecule has 1 fully saturated rings. The number of carboxylic acids is 2. The Morgan fingerprint density at radius 3 is 2.42 bits per heavy atom. The van der Waals surface area contributed by atoms with Gasteiger partial charge in [-0.2, -0.15) is 0 Å². The number of ether oxygens (including phenoxy) is 1. The molecule has 6 atom stereocenters. The largest absolute Gasteiger partial charge is 0.478 e. The second-order valence-electron chi connectivity index (χ2n) is 14.6. The summed E-state index contributed by atoms with van der Waals surface area (Å²) < 4.78 is 6.27. The third-order valence-corrected chi connectivity index (χ3v) is 12.5. The van der Waals surface area contributed by atoms with E-state index >= 15 is 0 Å². The first-order valence-corrected chi connectivity index (χ1v) is 19.4. The number of carbonyl (C=O) groups is 5. The van der Waals surface area contributed by atoms with Crippen molar-refractivity contribution < 1.29 is 49.1 Å². The van der Waals surface area contributed by atoms with E-state index in [1.165, 1.54) is 17.3 Å². The first-order chi connectivity index (χ1) is 25.4. The Labute approximate surface area is 312 Å². The number of rotatable bonds is 16. The van der Waals surface area contributed by atoms with Gasteiger partial charge in [-0.05, 0) is 80.2 Å². The monoisotopic (exact) mass is 757 g/mol. The van der Waals surface area contributed by atoms with Crippen LogP contribution in [-0.4, -0.2) is 97.8 Å². The summed E-state index contributed by atoms with van der Waals surface area (Å²) in [4.78, 5) is 67.7. The predicted molar refractivity (Wildman–Crippen MR) is 194 cm³/mol. The lowest BCUT2D eigenvalue weighted by molar-refractivity contribution is -0.164. The van der Waals surface area contributed by atoms with Crippen molar-refractivity contribution in [1.29, 1.82) is 0 Å². The molecule has 0 aromatic carbocycles. The number of aliphatic hydroxyl groups is 2. The molecule has 8 N–H and O–H groups in total. The van der Waals surface area contributed by atoms with Crippen LogP contribution in [0.25, 0.3) is 0 Å². The fourth-order valence-corrected chi connectivity index (χ4v) is 9.91. The van der Waals surface area contributed by atoms with E-state index in [4.69, 9.17) is 4.74 Å². The van der Waals surface area contributed by atoms with E-state index in [-0.39, 0.29) is 35.0 Å². The SMILES string of the molecule is CNCNC(O)(CCC(=O)NC(CSC1C2=C3C(CCCCCC14CCCC4)CC(Cc1ccncc1)=CC3C(=O)O2)C(=O)NC(O)C(=O)O)C(=O)O. The molecule has 53 heavy (non-hydrogen) atoms. The summed E-state index contributed by atoms with van der Waals surface area (Å²) in [5.74, 6) is -5.18. The molecule has 1 aliphatic heterocycles. The molecule has 0 radical (unpaired) electrons. The van der Waals surface area contributed by atoms with Crippen LogP contribution in [-0.2, 0) is 35.1 Å². The molecule has 3 aliphatic carbocycles.